The first-order chi connectivity index (χ1) is 16.1. The number of rotatable bonds is 3. The van der Waals surface area contributed by atoms with Crippen LogP contribution in [0.25, 0.3) is 39.0 Å². The van der Waals surface area contributed by atoms with E-state index in [1.807, 2.05) is 71.6 Å². The first kappa shape index (κ1) is 19.6. The van der Waals surface area contributed by atoms with Gasteiger partial charge in [0.05, 0.1) is 21.3 Å². The molecule has 0 bridgehead atoms. The normalized spacial score (nSPS) is 12.2. The predicted molar refractivity (Wildman–Crippen MR) is 134 cm³/mol. The summed E-state index contributed by atoms with van der Waals surface area (Å²) in [6.07, 6.45) is 3.94. The number of aryl methyl sites for hydroxylation is 2. The molecule has 0 amide bonds. The van der Waals surface area contributed by atoms with Crippen molar-refractivity contribution in [3.8, 4) is 16.9 Å². The van der Waals surface area contributed by atoms with Gasteiger partial charge in [-0.05, 0) is 55.8 Å². The summed E-state index contributed by atoms with van der Waals surface area (Å²) in [5, 5.41) is 4.94. The standard InChI is InChI=1S/C27H20N4OS/c1-17-12-13-18(2)21(14-17)25-19(16-30(29-25)20-8-4-3-5-9-20)15-24-26(32)31-23-11-7-6-10-22(23)28-27(31)33-24/h3-16H,1-2H3. The van der Waals surface area contributed by atoms with Crippen LogP contribution in [0.4, 0.5) is 0 Å². The third kappa shape index (κ3) is 3.27. The van der Waals surface area contributed by atoms with Crippen LogP contribution >= 0.6 is 11.3 Å². The van der Waals surface area contributed by atoms with Crippen molar-refractivity contribution in [3.05, 3.63) is 111 Å². The molecule has 6 heteroatoms. The van der Waals surface area contributed by atoms with Gasteiger partial charge in [0.2, 0.25) is 0 Å². The minimum Gasteiger partial charge on any atom is -0.267 e. The minimum atomic E-state index is -0.0527. The van der Waals surface area contributed by atoms with Crippen LogP contribution in [0.1, 0.15) is 16.7 Å². The maximum absolute atomic E-state index is 13.3. The molecule has 3 heterocycles. The monoisotopic (exact) mass is 448 g/mol. The average molecular weight is 449 g/mol. The highest BCUT2D eigenvalue weighted by atomic mass is 32.1. The zero-order chi connectivity index (χ0) is 22.5. The molecule has 33 heavy (non-hydrogen) atoms. The zero-order valence-corrected chi connectivity index (χ0v) is 19.0. The molecule has 0 spiro atoms. The van der Waals surface area contributed by atoms with Crippen LogP contribution in [0.15, 0.2) is 83.8 Å². The Kier molecular flexibility index (Phi) is 4.48. The number of fused-ring (bicyclic) bond motifs is 3. The first-order valence-corrected chi connectivity index (χ1v) is 11.5. The van der Waals surface area contributed by atoms with Crippen molar-refractivity contribution in [1.82, 2.24) is 19.2 Å². The molecular weight excluding hydrogens is 428 g/mol. The summed E-state index contributed by atoms with van der Waals surface area (Å²) >= 11 is 1.41. The van der Waals surface area contributed by atoms with E-state index in [0.29, 0.717) is 9.49 Å². The summed E-state index contributed by atoms with van der Waals surface area (Å²) in [7, 11) is 0. The maximum atomic E-state index is 13.3. The Hall–Kier alpha value is -4.03. The Morgan fingerprint density at radius 1 is 0.939 bits per heavy atom. The van der Waals surface area contributed by atoms with Gasteiger partial charge in [-0.1, -0.05) is 59.4 Å². The van der Waals surface area contributed by atoms with Crippen molar-refractivity contribution < 1.29 is 0 Å². The smallest absolute Gasteiger partial charge is 0.267 e. The van der Waals surface area contributed by atoms with Crippen LogP contribution in [0.3, 0.4) is 0 Å². The largest absolute Gasteiger partial charge is 0.274 e. The number of aromatic nitrogens is 4. The third-order valence-electron chi connectivity index (χ3n) is 5.84. The molecule has 0 saturated heterocycles. The van der Waals surface area contributed by atoms with Crippen molar-refractivity contribution >= 4 is 33.4 Å². The number of hydrogen-bond acceptors (Lipinski definition) is 4. The van der Waals surface area contributed by atoms with E-state index in [0.717, 1.165) is 39.1 Å². The summed E-state index contributed by atoms with van der Waals surface area (Å²) in [4.78, 5) is 18.7. The third-order valence-corrected chi connectivity index (χ3v) is 6.81. The van der Waals surface area contributed by atoms with Gasteiger partial charge in [0.1, 0.15) is 5.69 Å². The molecule has 0 fully saturated rings. The molecule has 160 valence electrons. The van der Waals surface area contributed by atoms with Crippen molar-refractivity contribution in [1.29, 1.82) is 0 Å². The molecule has 0 N–H and O–H groups in total. The van der Waals surface area contributed by atoms with Crippen LogP contribution in [0, 0.1) is 13.8 Å². The second-order valence-electron chi connectivity index (χ2n) is 8.17. The minimum absolute atomic E-state index is 0.0527. The maximum Gasteiger partial charge on any atom is 0.274 e. The molecule has 3 aromatic carbocycles. The van der Waals surface area contributed by atoms with Gasteiger partial charge in [0, 0.05) is 17.3 Å². The van der Waals surface area contributed by atoms with Gasteiger partial charge >= 0.3 is 0 Å². The Balaban J connectivity index is 1.61. The van der Waals surface area contributed by atoms with Crippen LogP contribution < -0.4 is 10.1 Å². The van der Waals surface area contributed by atoms with Crippen LogP contribution in [0.5, 0.6) is 0 Å². The summed E-state index contributed by atoms with van der Waals surface area (Å²) in [5.41, 5.74) is 7.72. The fourth-order valence-corrected chi connectivity index (χ4v) is 5.14. The highest BCUT2D eigenvalue weighted by Gasteiger charge is 2.15. The van der Waals surface area contributed by atoms with Crippen LogP contribution in [-0.4, -0.2) is 19.2 Å². The number of para-hydroxylation sites is 3. The number of hydrogen-bond donors (Lipinski definition) is 0. The molecule has 3 aromatic heterocycles. The summed E-state index contributed by atoms with van der Waals surface area (Å²) in [6, 6.07) is 24.1. The Morgan fingerprint density at radius 3 is 2.58 bits per heavy atom. The Bertz CT molecular complexity index is 1760. The second kappa shape index (κ2) is 7.53. The van der Waals surface area contributed by atoms with Gasteiger partial charge < -0.3 is 0 Å². The predicted octanol–water partition coefficient (Wildman–Crippen LogP) is 4.93. The highest BCUT2D eigenvalue weighted by molar-refractivity contribution is 7.15. The van der Waals surface area contributed by atoms with Gasteiger partial charge in [0.15, 0.2) is 4.96 Å². The van der Waals surface area contributed by atoms with Crippen LogP contribution in [-0.2, 0) is 0 Å². The molecule has 0 aliphatic carbocycles. The van der Waals surface area contributed by atoms with Gasteiger partial charge in [-0.3, -0.25) is 4.79 Å². The zero-order valence-electron chi connectivity index (χ0n) is 18.2. The number of nitrogens with zero attached hydrogens (tertiary/aromatic N) is 4. The number of thiazole rings is 1. The highest BCUT2D eigenvalue weighted by Crippen LogP contribution is 2.28. The SMILES string of the molecule is Cc1ccc(C)c(-c2nn(-c3ccccc3)cc2C=c2sc3nc4ccccc4n3c2=O)c1. The Labute approximate surface area is 193 Å². The molecule has 6 rings (SSSR count). The fourth-order valence-electron chi connectivity index (χ4n) is 4.16. The molecule has 0 unspecified atom stereocenters. The second-order valence-corrected chi connectivity index (χ2v) is 9.17. The topological polar surface area (TPSA) is 52.2 Å². The molecule has 6 aromatic rings. The molecule has 0 aliphatic heterocycles. The summed E-state index contributed by atoms with van der Waals surface area (Å²) < 4.78 is 4.22. The van der Waals surface area contributed by atoms with E-state index in [2.05, 4.69) is 37.0 Å². The van der Waals surface area contributed by atoms with E-state index in [1.165, 1.54) is 16.9 Å². The Morgan fingerprint density at radius 2 is 1.73 bits per heavy atom. The van der Waals surface area contributed by atoms with Crippen LogP contribution in [0.2, 0.25) is 0 Å². The van der Waals surface area contributed by atoms with Crippen molar-refractivity contribution in [2.45, 2.75) is 13.8 Å². The van der Waals surface area contributed by atoms with E-state index >= 15 is 0 Å². The summed E-state index contributed by atoms with van der Waals surface area (Å²) in [5.74, 6) is 0. The molecule has 0 saturated carbocycles. The van der Waals surface area contributed by atoms with Gasteiger partial charge in [-0.15, -0.1) is 0 Å². The molecular formula is C27H20N4OS. The lowest BCUT2D eigenvalue weighted by atomic mass is 10.0. The van der Waals surface area contributed by atoms with Crippen molar-refractivity contribution in [2.24, 2.45) is 0 Å². The molecule has 0 radical (unpaired) electrons. The fraction of sp³-hybridized carbons (Fsp3) is 0.0741. The van der Waals surface area contributed by atoms with E-state index in [-0.39, 0.29) is 5.56 Å². The quantitative estimate of drug-likeness (QED) is 0.386. The molecule has 5 nitrogen and oxygen atoms in total. The van der Waals surface area contributed by atoms with Gasteiger partial charge in [-0.25, -0.2) is 14.1 Å². The lowest BCUT2D eigenvalue weighted by Gasteiger charge is -2.05. The van der Waals surface area contributed by atoms with E-state index < -0.39 is 0 Å². The van der Waals surface area contributed by atoms with Gasteiger partial charge in [0.25, 0.3) is 5.56 Å². The lowest BCUT2D eigenvalue weighted by molar-refractivity contribution is 0.884. The number of benzene rings is 3. The lowest BCUT2D eigenvalue weighted by Crippen LogP contribution is -2.22. The molecule has 0 aliphatic rings. The average Bonchev–Trinajstić information content (AvgIpc) is 3.49. The van der Waals surface area contributed by atoms with E-state index in [1.54, 1.807) is 4.40 Å². The van der Waals surface area contributed by atoms with Crippen molar-refractivity contribution in [2.75, 3.05) is 0 Å². The van der Waals surface area contributed by atoms with E-state index in [9.17, 15) is 4.79 Å². The molecule has 0 atom stereocenters. The van der Waals surface area contributed by atoms with Gasteiger partial charge in [-0.2, -0.15) is 5.10 Å². The van der Waals surface area contributed by atoms with E-state index in [4.69, 9.17) is 5.10 Å². The summed E-state index contributed by atoms with van der Waals surface area (Å²) in [6.45, 7) is 4.17. The first-order valence-electron chi connectivity index (χ1n) is 10.7. The number of imidazole rings is 1. The van der Waals surface area contributed by atoms with Crippen molar-refractivity contribution in [3.63, 3.8) is 0 Å².